The van der Waals surface area contributed by atoms with E-state index in [0.29, 0.717) is 12.1 Å². The van der Waals surface area contributed by atoms with Crippen LogP contribution in [0.15, 0.2) is 18.2 Å². The normalized spacial score (nSPS) is 13.6. The summed E-state index contributed by atoms with van der Waals surface area (Å²) >= 11 is 5.92. The molecule has 0 saturated carbocycles. The van der Waals surface area contributed by atoms with Crippen molar-refractivity contribution in [3.05, 3.63) is 28.8 Å². The number of hydrogen-bond acceptors (Lipinski definition) is 4. The first kappa shape index (κ1) is 15.3. The molecule has 2 unspecified atom stereocenters. The van der Waals surface area contributed by atoms with Gasteiger partial charge in [0.15, 0.2) is 5.92 Å². The van der Waals surface area contributed by atoms with Gasteiger partial charge in [0.1, 0.15) is 0 Å². The summed E-state index contributed by atoms with van der Waals surface area (Å²) in [7, 11) is 0. The number of aliphatic carboxylic acids is 1. The number of nitrogens with two attached hydrogens (primary N) is 1. The van der Waals surface area contributed by atoms with Crippen LogP contribution in [-0.2, 0) is 14.3 Å². The van der Waals surface area contributed by atoms with Gasteiger partial charge in [-0.1, -0.05) is 18.5 Å². The number of halogens is 1. The standard InChI is InChI=1S/C13H16ClNO4/c1-3-7(2)19-13(18)11(12(16)17)9-6-8(15)4-5-10(9)14/h4-7,11H,3,15H2,1-2H3,(H,16,17). The lowest BCUT2D eigenvalue weighted by molar-refractivity contribution is -0.157. The summed E-state index contributed by atoms with van der Waals surface area (Å²) in [6.07, 6.45) is 0.247. The summed E-state index contributed by atoms with van der Waals surface area (Å²) in [5, 5.41) is 9.37. The van der Waals surface area contributed by atoms with Gasteiger partial charge in [-0.15, -0.1) is 0 Å². The van der Waals surface area contributed by atoms with Crippen LogP contribution in [0.25, 0.3) is 0 Å². The lowest BCUT2D eigenvalue weighted by Gasteiger charge is -2.17. The molecule has 104 valence electrons. The summed E-state index contributed by atoms with van der Waals surface area (Å²) in [5.41, 5.74) is 6.07. The van der Waals surface area contributed by atoms with E-state index in [-0.39, 0.29) is 16.7 Å². The number of nitrogen functional groups attached to an aromatic ring is 1. The van der Waals surface area contributed by atoms with E-state index in [0.717, 1.165) is 0 Å². The van der Waals surface area contributed by atoms with Crippen molar-refractivity contribution in [3.63, 3.8) is 0 Å². The van der Waals surface area contributed by atoms with Gasteiger partial charge in [-0.05, 0) is 37.1 Å². The molecule has 19 heavy (non-hydrogen) atoms. The van der Waals surface area contributed by atoms with Gasteiger partial charge in [-0.2, -0.15) is 0 Å². The average Bonchev–Trinajstić information content (AvgIpc) is 2.33. The smallest absolute Gasteiger partial charge is 0.325 e. The number of carbonyl (C=O) groups excluding carboxylic acids is 1. The number of carboxylic acids is 1. The zero-order chi connectivity index (χ0) is 14.6. The Labute approximate surface area is 116 Å². The van der Waals surface area contributed by atoms with Gasteiger partial charge in [0.25, 0.3) is 0 Å². The van der Waals surface area contributed by atoms with Crippen LogP contribution in [0.5, 0.6) is 0 Å². The van der Waals surface area contributed by atoms with Gasteiger partial charge in [-0.3, -0.25) is 9.59 Å². The van der Waals surface area contributed by atoms with Gasteiger partial charge in [0, 0.05) is 10.7 Å². The van der Waals surface area contributed by atoms with Gasteiger partial charge < -0.3 is 15.6 Å². The quantitative estimate of drug-likeness (QED) is 0.493. The predicted molar refractivity (Wildman–Crippen MR) is 72.1 cm³/mol. The molecule has 0 amide bonds. The minimum Gasteiger partial charge on any atom is -0.480 e. The van der Waals surface area contributed by atoms with Crippen LogP contribution in [-0.4, -0.2) is 23.1 Å². The minimum absolute atomic E-state index is 0.141. The molecule has 0 spiro atoms. The molecule has 0 bridgehead atoms. The van der Waals surface area contributed by atoms with Crippen LogP contribution in [0, 0.1) is 0 Å². The van der Waals surface area contributed by atoms with Gasteiger partial charge in [0.2, 0.25) is 0 Å². The zero-order valence-electron chi connectivity index (χ0n) is 10.7. The number of esters is 1. The second-order valence-corrected chi connectivity index (χ2v) is 4.62. The van der Waals surface area contributed by atoms with Gasteiger partial charge >= 0.3 is 11.9 Å². The zero-order valence-corrected chi connectivity index (χ0v) is 11.5. The van der Waals surface area contributed by atoms with Crippen molar-refractivity contribution in [2.24, 2.45) is 0 Å². The Morgan fingerprint density at radius 3 is 2.63 bits per heavy atom. The molecular weight excluding hydrogens is 270 g/mol. The van der Waals surface area contributed by atoms with Crippen molar-refractivity contribution in [1.82, 2.24) is 0 Å². The third-order valence-electron chi connectivity index (χ3n) is 2.71. The Morgan fingerprint density at radius 1 is 1.47 bits per heavy atom. The molecule has 1 aromatic rings. The SMILES string of the molecule is CCC(C)OC(=O)C(C(=O)O)c1cc(N)ccc1Cl. The largest absolute Gasteiger partial charge is 0.480 e. The molecule has 1 aromatic carbocycles. The maximum Gasteiger partial charge on any atom is 0.325 e. The maximum atomic E-state index is 11.9. The predicted octanol–water partition coefficient (Wildman–Crippen LogP) is 2.43. The lowest BCUT2D eigenvalue weighted by atomic mass is 9.98. The second-order valence-electron chi connectivity index (χ2n) is 4.21. The highest BCUT2D eigenvalue weighted by Gasteiger charge is 2.32. The van der Waals surface area contributed by atoms with E-state index in [1.54, 1.807) is 6.92 Å². The maximum absolute atomic E-state index is 11.9. The minimum atomic E-state index is -1.47. The van der Waals surface area contributed by atoms with Crippen LogP contribution < -0.4 is 5.73 Å². The van der Waals surface area contributed by atoms with E-state index >= 15 is 0 Å². The first-order valence-electron chi connectivity index (χ1n) is 5.85. The number of rotatable bonds is 5. The molecule has 6 heteroatoms. The third-order valence-corrected chi connectivity index (χ3v) is 3.05. The number of anilines is 1. The monoisotopic (exact) mass is 285 g/mol. The molecule has 0 aromatic heterocycles. The second kappa shape index (κ2) is 6.43. The topological polar surface area (TPSA) is 89.6 Å². The molecule has 0 radical (unpaired) electrons. The fraction of sp³-hybridized carbons (Fsp3) is 0.385. The van der Waals surface area contributed by atoms with Gasteiger partial charge in [0.05, 0.1) is 6.10 Å². The van der Waals surface area contributed by atoms with E-state index < -0.39 is 17.9 Å². The van der Waals surface area contributed by atoms with E-state index in [1.807, 2.05) is 6.92 Å². The van der Waals surface area contributed by atoms with E-state index in [4.69, 9.17) is 22.1 Å². The van der Waals surface area contributed by atoms with Crippen molar-refractivity contribution in [2.45, 2.75) is 32.3 Å². The van der Waals surface area contributed by atoms with Gasteiger partial charge in [-0.25, -0.2) is 0 Å². The lowest BCUT2D eigenvalue weighted by Crippen LogP contribution is -2.27. The molecule has 0 saturated heterocycles. The Bertz CT molecular complexity index is 490. The van der Waals surface area contributed by atoms with E-state index in [1.165, 1.54) is 18.2 Å². The summed E-state index contributed by atoms with van der Waals surface area (Å²) in [6.45, 7) is 3.53. The fourth-order valence-corrected chi connectivity index (χ4v) is 1.72. The highest BCUT2D eigenvalue weighted by Crippen LogP contribution is 2.28. The average molecular weight is 286 g/mol. The Hall–Kier alpha value is -1.75. The Kier molecular flexibility index (Phi) is 5.18. The number of carboxylic acid groups (broad SMARTS) is 1. The molecule has 0 aliphatic rings. The summed E-state index contributed by atoms with van der Waals surface area (Å²) < 4.78 is 5.05. The molecule has 2 atom stereocenters. The van der Waals surface area contributed by atoms with Crippen molar-refractivity contribution >= 4 is 29.2 Å². The Balaban J connectivity index is 3.10. The fourth-order valence-electron chi connectivity index (χ4n) is 1.49. The molecule has 0 aliphatic heterocycles. The van der Waals surface area contributed by atoms with Crippen molar-refractivity contribution in [2.75, 3.05) is 5.73 Å². The number of carbonyl (C=O) groups is 2. The molecule has 0 fully saturated rings. The van der Waals surface area contributed by atoms with Crippen LogP contribution in [0.2, 0.25) is 5.02 Å². The summed E-state index contributed by atoms with van der Waals surface area (Å²) in [6, 6.07) is 4.36. The molecule has 1 rings (SSSR count). The van der Waals surface area contributed by atoms with Crippen LogP contribution in [0.1, 0.15) is 31.7 Å². The third kappa shape index (κ3) is 3.86. The van der Waals surface area contributed by atoms with Crippen molar-refractivity contribution < 1.29 is 19.4 Å². The Morgan fingerprint density at radius 2 is 2.11 bits per heavy atom. The molecule has 0 heterocycles. The molecule has 0 aliphatic carbocycles. The first-order valence-corrected chi connectivity index (χ1v) is 6.22. The van der Waals surface area contributed by atoms with Crippen LogP contribution in [0.3, 0.4) is 0 Å². The highest BCUT2D eigenvalue weighted by atomic mass is 35.5. The molecular formula is C13H16ClNO4. The molecule has 5 nitrogen and oxygen atoms in total. The summed E-state index contributed by atoms with van der Waals surface area (Å²) in [4.78, 5) is 23.2. The number of benzene rings is 1. The van der Waals surface area contributed by atoms with Crippen molar-refractivity contribution in [3.8, 4) is 0 Å². The van der Waals surface area contributed by atoms with E-state index in [2.05, 4.69) is 0 Å². The van der Waals surface area contributed by atoms with E-state index in [9.17, 15) is 14.7 Å². The molecule has 3 N–H and O–H groups in total. The number of hydrogen-bond donors (Lipinski definition) is 2. The number of ether oxygens (including phenoxy) is 1. The first-order chi connectivity index (χ1) is 8.86. The van der Waals surface area contributed by atoms with Crippen LogP contribution in [0.4, 0.5) is 5.69 Å². The van der Waals surface area contributed by atoms with Crippen molar-refractivity contribution in [1.29, 1.82) is 0 Å². The van der Waals surface area contributed by atoms with Crippen LogP contribution >= 0.6 is 11.6 Å². The summed E-state index contributed by atoms with van der Waals surface area (Å²) in [5.74, 6) is -3.62. The highest BCUT2D eigenvalue weighted by molar-refractivity contribution is 6.32.